The monoisotopic (exact) mass is 779 g/mol. The van der Waals surface area contributed by atoms with Gasteiger partial charge in [0.2, 0.25) is 0 Å². The Morgan fingerprint density at radius 2 is 1.54 bits per heavy atom. The van der Waals surface area contributed by atoms with Crippen molar-refractivity contribution in [3.05, 3.63) is 35.5 Å². The fourth-order valence-electron chi connectivity index (χ4n) is 15.6. The first-order valence-electron chi connectivity index (χ1n) is 22.0. The third-order valence-electron chi connectivity index (χ3n) is 18.9. The number of hydrogen-bond acceptors (Lipinski definition) is 5. The van der Waals surface area contributed by atoms with Crippen molar-refractivity contribution < 1.29 is 34.1 Å². The van der Waals surface area contributed by atoms with Gasteiger partial charge in [-0.05, 0) is 172 Å². The molecule has 0 amide bonds. The number of halogens is 1. The minimum absolute atomic E-state index is 0.0142. The lowest BCUT2D eigenvalue weighted by atomic mass is 9.33. The third-order valence-corrected chi connectivity index (χ3v) is 18.9. The Morgan fingerprint density at radius 3 is 2.12 bits per heavy atom. The highest BCUT2D eigenvalue weighted by molar-refractivity contribution is 5.98. The van der Waals surface area contributed by atoms with Crippen LogP contribution in [0.15, 0.2) is 35.5 Å². The number of alkyl halides is 1. The second kappa shape index (κ2) is 14.3. The number of carboxylic acid groups (broad SMARTS) is 3. The quantitative estimate of drug-likeness (QED) is 0.121. The van der Waals surface area contributed by atoms with Crippen LogP contribution in [0.5, 0.6) is 0 Å². The summed E-state index contributed by atoms with van der Waals surface area (Å²) in [5.41, 5.74) is 2.29. The highest BCUT2D eigenvalue weighted by Crippen LogP contribution is 2.76. The SMILES string of the molecule is C=C(C)C1CCC2(NCCN3CCC(C(=O)O)(C(=O)O)CC3)CCC3(C)C(CCC4C5(C)CC=C(C6=CCC(CF)(CC(=O)O)CC6)C(C)(C)C5CCC43C)C12. The van der Waals surface area contributed by atoms with Gasteiger partial charge in [-0.25, -0.2) is 0 Å². The van der Waals surface area contributed by atoms with Crippen molar-refractivity contribution in [3.8, 4) is 0 Å². The van der Waals surface area contributed by atoms with Gasteiger partial charge in [0, 0.05) is 24.0 Å². The molecule has 0 spiro atoms. The lowest BCUT2D eigenvalue weighted by Gasteiger charge is -2.72. The van der Waals surface area contributed by atoms with Gasteiger partial charge in [0.25, 0.3) is 0 Å². The molecule has 10 atom stereocenters. The molecule has 0 radical (unpaired) electrons. The van der Waals surface area contributed by atoms with E-state index in [1.165, 1.54) is 55.2 Å². The molecule has 9 heteroatoms. The first-order chi connectivity index (χ1) is 26.2. The number of likely N-dealkylation sites (tertiary alicyclic amines) is 1. The zero-order valence-electron chi connectivity index (χ0n) is 35.3. The van der Waals surface area contributed by atoms with E-state index in [9.17, 15) is 34.1 Å². The number of carboxylic acids is 3. The molecular formula is C47H71FN2O6. The maximum Gasteiger partial charge on any atom is 0.321 e. The molecule has 1 heterocycles. The third kappa shape index (κ3) is 6.20. The van der Waals surface area contributed by atoms with Gasteiger partial charge in [-0.15, -0.1) is 0 Å². The van der Waals surface area contributed by atoms with Gasteiger partial charge < -0.3 is 25.5 Å². The van der Waals surface area contributed by atoms with Crippen molar-refractivity contribution in [1.82, 2.24) is 10.2 Å². The molecule has 312 valence electrons. The first kappa shape index (κ1) is 41.6. The largest absolute Gasteiger partial charge is 0.481 e. The summed E-state index contributed by atoms with van der Waals surface area (Å²) in [4.78, 5) is 37.6. The first-order valence-corrected chi connectivity index (χ1v) is 22.0. The van der Waals surface area contributed by atoms with Gasteiger partial charge in [-0.2, -0.15) is 0 Å². The van der Waals surface area contributed by atoms with E-state index in [1.807, 2.05) is 0 Å². The number of fused-ring (bicyclic) bond motifs is 7. The zero-order chi connectivity index (χ0) is 40.7. The summed E-state index contributed by atoms with van der Waals surface area (Å²) in [5, 5.41) is 33.1. The summed E-state index contributed by atoms with van der Waals surface area (Å²) in [6.07, 6.45) is 17.5. The Labute approximate surface area is 335 Å². The van der Waals surface area contributed by atoms with Crippen LogP contribution in [0.1, 0.15) is 138 Å². The molecular weight excluding hydrogens is 708 g/mol. The molecule has 0 aromatic rings. The minimum atomic E-state index is -1.67. The maximum atomic E-state index is 14.2. The van der Waals surface area contributed by atoms with Crippen LogP contribution in [-0.4, -0.2) is 76.5 Å². The second-order valence-electron chi connectivity index (χ2n) is 21.5. The summed E-state index contributed by atoms with van der Waals surface area (Å²) >= 11 is 0. The van der Waals surface area contributed by atoms with Gasteiger partial charge in [0.1, 0.15) is 0 Å². The van der Waals surface area contributed by atoms with Gasteiger partial charge in [-0.1, -0.05) is 58.9 Å². The normalized spacial score (nSPS) is 42.9. The summed E-state index contributed by atoms with van der Waals surface area (Å²) in [5.74, 6) is -0.546. The average Bonchev–Trinajstić information content (AvgIpc) is 3.52. The summed E-state index contributed by atoms with van der Waals surface area (Å²) in [6.45, 7) is 21.7. The predicted molar refractivity (Wildman–Crippen MR) is 217 cm³/mol. The lowest BCUT2D eigenvalue weighted by Crippen LogP contribution is -2.68. The Bertz CT molecular complexity index is 1660. The van der Waals surface area contributed by atoms with Crippen LogP contribution in [-0.2, 0) is 14.4 Å². The van der Waals surface area contributed by atoms with E-state index < -0.39 is 35.4 Å². The Hall–Kier alpha value is -2.52. The molecule has 1 saturated heterocycles. The van der Waals surface area contributed by atoms with Crippen LogP contribution in [0.25, 0.3) is 0 Å². The molecule has 0 bridgehead atoms. The van der Waals surface area contributed by atoms with E-state index in [1.54, 1.807) is 0 Å². The number of piperidine rings is 1. The van der Waals surface area contributed by atoms with E-state index >= 15 is 0 Å². The maximum absolute atomic E-state index is 14.2. The van der Waals surface area contributed by atoms with E-state index in [4.69, 9.17) is 0 Å². The van der Waals surface area contributed by atoms with Crippen LogP contribution >= 0.6 is 0 Å². The van der Waals surface area contributed by atoms with Gasteiger partial charge in [0.05, 0.1) is 13.1 Å². The molecule has 6 aliphatic carbocycles. The fraction of sp³-hybridized carbons (Fsp3) is 0.809. The van der Waals surface area contributed by atoms with Crippen molar-refractivity contribution >= 4 is 17.9 Å². The lowest BCUT2D eigenvalue weighted by molar-refractivity contribution is -0.221. The standard InChI is InChI=1S/C47H71FN2O6/c1-30(2)32-12-19-47(49-24-27-50-25-22-46(23-26-50,39(53)54)40(55)56)21-20-43(6)34(38(32)47)8-9-36-42(5)15-13-33(41(3,4)35(42)14-16-44(36,43)7)31-10-17-45(29-48,18-11-31)28-37(51)52/h10,13,32,34-36,38,49H,1,8-9,11-12,14-29H2,2-7H3,(H,51,52)(H,53,54)(H,55,56). The number of allylic oxidation sites excluding steroid dienone is 5. The predicted octanol–water partition coefficient (Wildman–Crippen LogP) is 9.31. The molecule has 0 aromatic carbocycles. The second-order valence-corrected chi connectivity index (χ2v) is 21.5. The Kier molecular flexibility index (Phi) is 10.7. The van der Waals surface area contributed by atoms with Crippen LogP contribution in [0, 0.1) is 62.1 Å². The number of carbonyl (C=O) groups is 3. The molecule has 7 rings (SSSR count). The van der Waals surface area contributed by atoms with E-state index in [2.05, 4.69) is 70.5 Å². The van der Waals surface area contributed by atoms with Crippen LogP contribution < -0.4 is 5.32 Å². The highest BCUT2D eigenvalue weighted by atomic mass is 19.1. The van der Waals surface area contributed by atoms with Crippen LogP contribution in [0.2, 0.25) is 0 Å². The topological polar surface area (TPSA) is 127 Å². The molecule has 56 heavy (non-hydrogen) atoms. The molecule has 0 aromatic heterocycles. The van der Waals surface area contributed by atoms with Crippen molar-refractivity contribution in [2.45, 2.75) is 143 Å². The van der Waals surface area contributed by atoms with Gasteiger partial charge in [0.15, 0.2) is 5.41 Å². The summed E-state index contributed by atoms with van der Waals surface area (Å²) < 4.78 is 14.2. The Morgan fingerprint density at radius 1 is 0.839 bits per heavy atom. The highest BCUT2D eigenvalue weighted by Gasteiger charge is 2.70. The minimum Gasteiger partial charge on any atom is -0.481 e. The van der Waals surface area contributed by atoms with Crippen molar-refractivity contribution in [2.24, 2.45) is 62.1 Å². The number of hydrogen-bond donors (Lipinski definition) is 4. The number of aliphatic carboxylic acids is 3. The fourth-order valence-corrected chi connectivity index (χ4v) is 15.6. The van der Waals surface area contributed by atoms with Gasteiger partial charge >= 0.3 is 17.9 Å². The number of nitrogens with zero attached hydrogens (tertiary/aromatic N) is 1. The van der Waals surface area contributed by atoms with Gasteiger partial charge in [-0.3, -0.25) is 18.8 Å². The smallest absolute Gasteiger partial charge is 0.321 e. The Balaban J connectivity index is 1.09. The van der Waals surface area contributed by atoms with Crippen LogP contribution in [0.4, 0.5) is 4.39 Å². The van der Waals surface area contributed by atoms with E-state index in [0.29, 0.717) is 55.5 Å². The number of rotatable bonds is 11. The molecule has 4 N–H and O–H groups in total. The molecule has 4 saturated carbocycles. The molecule has 10 unspecified atom stereocenters. The van der Waals surface area contributed by atoms with E-state index in [-0.39, 0.29) is 46.5 Å². The van der Waals surface area contributed by atoms with E-state index in [0.717, 1.165) is 38.8 Å². The molecule has 8 nitrogen and oxygen atoms in total. The summed E-state index contributed by atoms with van der Waals surface area (Å²) in [7, 11) is 0. The van der Waals surface area contributed by atoms with Crippen molar-refractivity contribution in [1.29, 1.82) is 0 Å². The summed E-state index contributed by atoms with van der Waals surface area (Å²) in [6, 6.07) is 0. The average molecular weight is 779 g/mol. The zero-order valence-corrected chi connectivity index (χ0v) is 35.3. The van der Waals surface area contributed by atoms with Crippen molar-refractivity contribution in [3.63, 3.8) is 0 Å². The van der Waals surface area contributed by atoms with Crippen LogP contribution in [0.3, 0.4) is 0 Å². The molecule has 5 fully saturated rings. The molecule has 1 aliphatic heterocycles. The molecule has 7 aliphatic rings. The number of nitrogens with one attached hydrogen (secondary N) is 1. The van der Waals surface area contributed by atoms with Crippen molar-refractivity contribution in [2.75, 3.05) is 32.9 Å².